The molecule has 2 aromatic rings. The number of nitriles is 1. The Balaban J connectivity index is 1.96. The summed E-state index contributed by atoms with van der Waals surface area (Å²) in [5.41, 5.74) is -0.457. The first-order valence-electron chi connectivity index (χ1n) is 6.78. The monoisotopic (exact) mass is 305 g/mol. The summed E-state index contributed by atoms with van der Waals surface area (Å²) in [6.45, 7) is 0.904. The lowest BCUT2D eigenvalue weighted by atomic mass is 10.1. The molecule has 0 bridgehead atoms. The van der Waals surface area contributed by atoms with Crippen molar-refractivity contribution >= 4 is 11.6 Å². The minimum absolute atomic E-state index is 0.186. The predicted molar refractivity (Wildman–Crippen MR) is 73.4 cm³/mol. The number of carbonyl (C=O) groups excluding carboxylic acids is 1. The van der Waals surface area contributed by atoms with E-state index in [-0.39, 0.29) is 17.3 Å². The minimum Gasteiger partial charge on any atom is -0.345 e. The molecule has 8 heteroatoms. The van der Waals surface area contributed by atoms with E-state index in [9.17, 15) is 13.6 Å². The molecule has 1 amide bonds. The van der Waals surface area contributed by atoms with Gasteiger partial charge in [0.05, 0.1) is 18.0 Å². The van der Waals surface area contributed by atoms with E-state index in [0.29, 0.717) is 13.1 Å². The second kappa shape index (κ2) is 5.69. The maximum Gasteiger partial charge on any atom is 0.282 e. The van der Waals surface area contributed by atoms with Gasteiger partial charge in [0.1, 0.15) is 17.0 Å². The average molecular weight is 305 g/mol. The predicted octanol–water partition coefficient (Wildman–Crippen LogP) is 1.11. The SMILES string of the molecule is N#CC1CNCC1NC(=O)c1c(C(F)F)nc2ccccn12. The Labute approximate surface area is 124 Å². The zero-order valence-corrected chi connectivity index (χ0v) is 11.5. The Morgan fingerprint density at radius 2 is 2.32 bits per heavy atom. The van der Waals surface area contributed by atoms with E-state index in [4.69, 9.17) is 5.26 Å². The first kappa shape index (κ1) is 14.4. The molecule has 1 fully saturated rings. The van der Waals surface area contributed by atoms with Crippen molar-refractivity contribution in [1.82, 2.24) is 20.0 Å². The number of hydrogen-bond acceptors (Lipinski definition) is 4. The van der Waals surface area contributed by atoms with E-state index in [1.165, 1.54) is 10.6 Å². The number of imidazole rings is 1. The molecule has 6 nitrogen and oxygen atoms in total. The van der Waals surface area contributed by atoms with E-state index in [0.717, 1.165) is 0 Å². The summed E-state index contributed by atoms with van der Waals surface area (Å²) in [6.07, 6.45) is -1.34. The minimum atomic E-state index is -2.85. The van der Waals surface area contributed by atoms with Gasteiger partial charge in [-0.25, -0.2) is 13.8 Å². The number of pyridine rings is 1. The number of halogens is 2. The molecule has 0 aliphatic carbocycles. The van der Waals surface area contributed by atoms with Crippen LogP contribution in [0.1, 0.15) is 22.6 Å². The summed E-state index contributed by atoms with van der Waals surface area (Å²) < 4.78 is 27.7. The van der Waals surface area contributed by atoms with Crippen molar-refractivity contribution in [3.05, 3.63) is 35.8 Å². The van der Waals surface area contributed by atoms with Crippen molar-refractivity contribution in [3.63, 3.8) is 0 Å². The van der Waals surface area contributed by atoms with Crippen LogP contribution in [-0.4, -0.2) is 34.4 Å². The fourth-order valence-corrected chi connectivity index (χ4v) is 2.59. The number of fused-ring (bicyclic) bond motifs is 1. The van der Waals surface area contributed by atoms with Crippen LogP contribution in [0.4, 0.5) is 8.78 Å². The molecule has 3 heterocycles. The normalized spacial score (nSPS) is 21.2. The second-order valence-electron chi connectivity index (χ2n) is 5.05. The molecule has 2 unspecified atom stereocenters. The molecule has 1 saturated heterocycles. The lowest BCUT2D eigenvalue weighted by Gasteiger charge is -2.15. The van der Waals surface area contributed by atoms with Gasteiger partial charge in [0.15, 0.2) is 0 Å². The lowest BCUT2D eigenvalue weighted by Crippen LogP contribution is -2.40. The first-order chi connectivity index (χ1) is 10.6. The Morgan fingerprint density at radius 3 is 3.05 bits per heavy atom. The summed E-state index contributed by atoms with van der Waals surface area (Å²) >= 11 is 0. The molecule has 0 spiro atoms. The average Bonchev–Trinajstić information content (AvgIpc) is 3.10. The van der Waals surface area contributed by atoms with Gasteiger partial charge in [-0.05, 0) is 12.1 Å². The van der Waals surface area contributed by atoms with Gasteiger partial charge >= 0.3 is 0 Å². The van der Waals surface area contributed by atoms with Crippen LogP contribution in [0.15, 0.2) is 24.4 Å². The van der Waals surface area contributed by atoms with Crippen LogP contribution in [0.3, 0.4) is 0 Å². The highest BCUT2D eigenvalue weighted by molar-refractivity contribution is 5.95. The standard InChI is InChI=1S/C14H13F2N5O/c15-13(16)11-12(21-4-2-1-3-10(21)20-11)14(22)19-9-7-18-6-8(9)5-17/h1-4,8-9,13,18H,6-7H2,(H,19,22). The highest BCUT2D eigenvalue weighted by Crippen LogP contribution is 2.24. The second-order valence-corrected chi connectivity index (χ2v) is 5.05. The van der Waals surface area contributed by atoms with Gasteiger partial charge in [-0.15, -0.1) is 0 Å². The Hall–Kier alpha value is -2.53. The molecule has 1 aliphatic rings. The van der Waals surface area contributed by atoms with Crippen molar-refractivity contribution in [2.75, 3.05) is 13.1 Å². The molecule has 22 heavy (non-hydrogen) atoms. The van der Waals surface area contributed by atoms with Gasteiger partial charge in [0.2, 0.25) is 0 Å². The molecule has 0 saturated carbocycles. The largest absolute Gasteiger partial charge is 0.345 e. The van der Waals surface area contributed by atoms with Crippen molar-refractivity contribution in [1.29, 1.82) is 5.26 Å². The molecular formula is C14H13F2N5O. The number of nitrogens with one attached hydrogen (secondary N) is 2. The van der Waals surface area contributed by atoms with Crippen LogP contribution < -0.4 is 10.6 Å². The third-order valence-corrected chi connectivity index (χ3v) is 3.68. The van der Waals surface area contributed by atoms with E-state index in [1.54, 1.807) is 18.2 Å². The van der Waals surface area contributed by atoms with Crippen molar-refractivity contribution < 1.29 is 13.6 Å². The van der Waals surface area contributed by atoms with Crippen LogP contribution in [0, 0.1) is 17.2 Å². The Morgan fingerprint density at radius 1 is 1.50 bits per heavy atom. The molecule has 2 aromatic heterocycles. The Kier molecular flexibility index (Phi) is 3.73. The van der Waals surface area contributed by atoms with Crippen LogP contribution in [0.2, 0.25) is 0 Å². The van der Waals surface area contributed by atoms with Gasteiger partial charge in [-0.2, -0.15) is 5.26 Å². The summed E-state index contributed by atoms with van der Waals surface area (Å²) in [4.78, 5) is 16.2. The van der Waals surface area contributed by atoms with E-state index in [1.807, 2.05) is 0 Å². The maximum atomic E-state index is 13.2. The first-order valence-corrected chi connectivity index (χ1v) is 6.78. The number of aromatic nitrogens is 2. The quantitative estimate of drug-likeness (QED) is 0.890. The van der Waals surface area contributed by atoms with Gasteiger partial charge in [0, 0.05) is 19.3 Å². The van der Waals surface area contributed by atoms with E-state index < -0.39 is 24.1 Å². The summed E-state index contributed by atoms with van der Waals surface area (Å²) in [5, 5.41) is 14.7. The summed E-state index contributed by atoms with van der Waals surface area (Å²) in [6, 6.07) is 6.53. The number of nitrogens with zero attached hydrogens (tertiary/aromatic N) is 3. The molecule has 0 radical (unpaired) electrons. The topological polar surface area (TPSA) is 82.2 Å². The molecule has 2 N–H and O–H groups in total. The van der Waals surface area contributed by atoms with Crippen molar-refractivity contribution in [2.24, 2.45) is 5.92 Å². The number of carbonyl (C=O) groups is 1. The fraction of sp³-hybridized carbons (Fsp3) is 0.357. The lowest BCUT2D eigenvalue weighted by molar-refractivity contribution is 0.0914. The van der Waals surface area contributed by atoms with E-state index in [2.05, 4.69) is 21.7 Å². The Bertz CT molecular complexity index is 751. The smallest absolute Gasteiger partial charge is 0.282 e. The summed E-state index contributed by atoms with van der Waals surface area (Å²) in [7, 11) is 0. The molecule has 114 valence electrons. The van der Waals surface area contributed by atoms with E-state index >= 15 is 0 Å². The van der Waals surface area contributed by atoms with Crippen LogP contribution in [0.5, 0.6) is 0 Å². The number of alkyl halides is 2. The molecule has 1 aliphatic heterocycles. The van der Waals surface area contributed by atoms with Crippen LogP contribution >= 0.6 is 0 Å². The number of rotatable bonds is 3. The molecule has 2 atom stereocenters. The fourth-order valence-electron chi connectivity index (χ4n) is 2.59. The molecular weight excluding hydrogens is 292 g/mol. The number of hydrogen-bond donors (Lipinski definition) is 2. The van der Waals surface area contributed by atoms with Crippen LogP contribution in [-0.2, 0) is 0 Å². The van der Waals surface area contributed by atoms with Gasteiger partial charge in [-0.3, -0.25) is 9.20 Å². The molecule has 0 aromatic carbocycles. The maximum absolute atomic E-state index is 13.2. The third kappa shape index (κ3) is 2.40. The van der Waals surface area contributed by atoms with Gasteiger partial charge < -0.3 is 10.6 Å². The zero-order valence-electron chi connectivity index (χ0n) is 11.5. The molecule has 3 rings (SSSR count). The van der Waals surface area contributed by atoms with Crippen molar-refractivity contribution in [3.8, 4) is 6.07 Å². The van der Waals surface area contributed by atoms with Crippen LogP contribution in [0.25, 0.3) is 5.65 Å². The van der Waals surface area contributed by atoms with Gasteiger partial charge in [-0.1, -0.05) is 6.07 Å². The van der Waals surface area contributed by atoms with Gasteiger partial charge in [0.25, 0.3) is 12.3 Å². The van der Waals surface area contributed by atoms with Crippen molar-refractivity contribution in [2.45, 2.75) is 12.5 Å². The highest BCUT2D eigenvalue weighted by atomic mass is 19.3. The summed E-state index contributed by atoms with van der Waals surface area (Å²) in [5.74, 6) is -1.03. The highest BCUT2D eigenvalue weighted by Gasteiger charge is 2.31. The third-order valence-electron chi connectivity index (χ3n) is 3.68. The zero-order chi connectivity index (χ0) is 15.7. The number of amides is 1.